The number of hydrogen-bond acceptors (Lipinski definition) is 8. The Morgan fingerprint density at radius 3 is 2.37 bits per heavy atom. The van der Waals surface area contributed by atoms with Gasteiger partial charge in [0.25, 0.3) is 5.91 Å². The number of imidazole rings is 1. The summed E-state index contributed by atoms with van der Waals surface area (Å²) in [6.07, 6.45) is -1.14. The summed E-state index contributed by atoms with van der Waals surface area (Å²) in [5.41, 5.74) is 2.26. The average Bonchev–Trinajstić information content (AvgIpc) is 3.46. The van der Waals surface area contributed by atoms with Crippen molar-refractivity contribution >= 4 is 22.9 Å². The Morgan fingerprint density at radius 1 is 0.971 bits per heavy atom. The highest BCUT2D eigenvalue weighted by molar-refractivity contribution is 6.08. The van der Waals surface area contributed by atoms with Gasteiger partial charge < -0.3 is 20.1 Å². The largest absolute Gasteiger partial charge is 0.394 e. The van der Waals surface area contributed by atoms with Crippen LogP contribution < -0.4 is 4.90 Å². The van der Waals surface area contributed by atoms with E-state index in [1.165, 1.54) is 17.2 Å². The molecule has 1 aliphatic rings. The fourth-order valence-electron chi connectivity index (χ4n) is 4.26. The maximum absolute atomic E-state index is 13.6. The molecule has 3 N–H and O–H groups in total. The predicted molar refractivity (Wildman–Crippen MR) is 127 cm³/mol. The molecule has 1 aliphatic heterocycles. The fourth-order valence-corrected chi connectivity index (χ4v) is 4.26. The molecule has 0 aliphatic carbocycles. The lowest BCUT2D eigenvalue weighted by Gasteiger charge is -2.22. The molecule has 0 bridgehead atoms. The van der Waals surface area contributed by atoms with E-state index in [1.807, 2.05) is 36.4 Å². The summed E-state index contributed by atoms with van der Waals surface area (Å²) >= 11 is 0. The van der Waals surface area contributed by atoms with E-state index in [-0.39, 0.29) is 5.91 Å². The number of carbonyl (C=O) groups excluding carboxylic acids is 1. The lowest BCUT2D eigenvalue weighted by Crippen LogP contribution is -2.34. The van der Waals surface area contributed by atoms with E-state index in [0.29, 0.717) is 35.5 Å². The van der Waals surface area contributed by atoms with Crippen LogP contribution in [0.3, 0.4) is 0 Å². The van der Waals surface area contributed by atoms with Gasteiger partial charge in [-0.05, 0) is 24.1 Å². The smallest absolute Gasteiger partial charge is 0.259 e. The third-order valence-corrected chi connectivity index (χ3v) is 6.12. The molecule has 1 amide bonds. The molecule has 4 aromatic rings. The molecule has 0 unspecified atom stereocenters. The molecule has 0 radical (unpaired) electrons. The van der Waals surface area contributed by atoms with Gasteiger partial charge >= 0.3 is 0 Å². The van der Waals surface area contributed by atoms with Gasteiger partial charge in [0.1, 0.15) is 24.6 Å². The first-order valence-corrected chi connectivity index (χ1v) is 11.3. The molecule has 0 saturated carbocycles. The van der Waals surface area contributed by atoms with Crippen LogP contribution in [-0.4, -0.2) is 72.2 Å². The molecule has 0 spiro atoms. The van der Waals surface area contributed by atoms with E-state index in [0.717, 1.165) is 5.56 Å². The predicted octanol–water partition coefficient (Wildman–Crippen LogP) is 1.33. The van der Waals surface area contributed by atoms with Crippen molar-refractivity contribution in [2.24, 2.45) is 0 Å². The molecule has 10 nitrogen and oxygen atoms in total. The molecule has 10 heteroatoms. The summed E-state index contributed by atoms with van der Waals surface area (Å²) in [7, 11) is 0. The zero-order valence-electron chi connectivity index (χ0n) is 18.8. The van der Waals surface area contributed by atoms with Crippen LogP contribution in [-0.2, 0) is 11.2 Å². The van der Waals surface area contributed by atoms with Crippen LogP contribution in [0.4, 0.5) is 5.82 Å². The van der Waals surface area contributed by atoms with Crippen LogP contribution in [0.2, 0.25) is 0 Å². The van der Waals surface area contributed by atoms with Crippen LogP contribution in [0.25, 0.3) is 11.2 Å². The third kappa shape index (κ3) is 4.40. The van der Waals surface area contributed by atoms with Gasteiger partial charge in [-0.15, -0.1) is 0 Å². The van der Waals surface area contributed by atoms with E-state index in [2.05, 4.69) is 15.0 Å². The number of fused-ring (bicyclic) bond motifs is 1. The Labute approximate surface area is 201 Å². The molecule has 180 valence electrons. The quantitative estimate of drug-likeness (QED) is 0.365. The first-order chi connectivity index (χ1) is 17.1. The number of aliphatic hydroxyl groups is 3. The minimum atomic E-state index is -1.29. The maximum Gasteiger partial charge on any atom is 0.259 e. The first-order valence-electron chi connectivity index (χ1n) is 11.3. The van der Waals surface area contributed by atoms with Crippen LogP contribution in [0, 0.1) is 0 Å². The molecule has 2 aromatic carbocycles. The molecular weight excluding hydrogens is 450 g/mol. The van der Waals surface area contributed by atoms with E-state index >= 15 is 0 Å². The highest BCUT2D eigenvalue weighted by Crippen LogP contribution is 2.33. The summed E-state index contributed by atoms with van der Waals surface area (Å²) in [6, 6.07) is 18.8. The van der Waals surface area contributed by atoms with Gasteiger partial charge in [-0.3, -0.25) is 14.3 Å². The van der Waals surface area contributed by atoms with Gasteiger partial charge in [0.2, 0.25) is 0 Å². The van der Waals surface area contributed by atoms with E-state index in [1.54, 1.807) is 29.2 Å². The number of aliphatic hydroxyl groups excluding tert-OH is 3. The van der Waals surface area contributed by atoms with Crippen LogP contribution in [0.15, 0.2) is 73.3 Å². The zero-order chi connectivity index (χ0) is 24.4. The summed E-state index contributed by atoms with van der Waals surface area (Å²) in [5.74, 6) is 0.0919. The summed E-state index contributed by atoms with van der Waals surface area (Å²) in [6.45, 7) is -0.0923. The second-order valence-electron chi connectivity index (χ2n) is 8.31. The number of ether oxygens (including phenoxy) is 1. The number of rotatable bonds is 7. The van der Waals surface area contributed by atoms with Crippen molar-refractivity contribution in [3.63, 3.8) is 0 Å². The van der Waals surface area contributed by atoms with Crippen LogP contribution >= 0.6 is 0 Å². The standard InChI is InChI=1S/C25H25N5O5/c31-13-18-20(32)21(33)25(35-18)30-15-28-19-22(26-14-27-23(19)30)29(12-11-16-7-3-1-4-8-16)24(34)17-9-5-2-6-10-17/h1-10,14-15,18,20-21,25,31-33H,11-13H2/t18-,20-,21-,25-/m1/s1. The lowest BCUT2D eigenvalue weighted by molar-refractivity contribution is -0.0511. The lowest BCUT2D eigenvalue weighted by atomic mass is 10.1. The molecule has 1 fully saturated rings. The monoisotopic (exact) mass is 475 g/mol. The average molecular weight is 476 g/mol. The number of aromatic nitrogens is 4. The summed E-state index contributed by atoms with van der Waals surface area (Å²) in [4.78, 5) is 28.3. The van der Waals surface area contributed by atoms with Crippen molar-refractivity contribution in [1.29, 1.82) is 0 Å². The van der Waals surface area contributed by atoms with E-state index < -0.39 is 31.1 Å². The number of anilines is 1. The Balaban J connectivity index is 1.53. The molecule has 5 rings (SSSR count). The van der Waals surface area contributed by atoms with E-state index in [9.17, 15) is 20.1 Å². The number of carbonyl (C=O) groups is 1. The van der Waals surface area contributed by atoms with Crippen molar-refractivity contribution in [3.05, 3.63) is 84.4 Å². The molecule has 35 heavy (non-hydrogen) atoms. The molecule has 4 atom stereocenters. The zero-order valence-corrected chi connectivity index (χ0v) is 18.8. The highest BCUT2D eigenvalue weighted by atomic mass is 16.6. The maximum atomic E-state index is 13.6. The highest BCUT2D eigenvalue weighted by Gasteiger charge is 2.44. The number of hydrogen-bond donors (Lipinski definition) is 3. The minimum absolute atomic E-state index is 0.232. The van der Waals surface area contributed by atoms with Crippen molar-refractivity contribution in [1.82, 2.24) is 19.5 Å². The van der Waals surface area contributed by atoms with Gasteiger partial charge in [-0.2, -0.15) is 0 Å². The van der Waals surface area contributed by atoms with Crippen molar-refractivity contribution in [2.45, 2.75) is 31.0 Å². The van der Waals surface area contributed by atoms with Crippen molar-refractivity contribution in [3.8, 4) is 0 Å². The van der Waals surface area contributed by atoms with Crippen LogP contribution in [0.1, 0.15) is 22.1 Å². The van der Waals surface area contributed by atoms with Gasteiger partial charge in [-0.1, -0.05) is 48.5 Å². The van der Waals surface area contributed by atoms with Crippen LogP contribution in [0.5, 0.6) is 0 Å². The topological polar surface area (TPSA) is 134 Å². The Kier molecular flexibility index (Phi) is 6.51. The van der Waals surface area contributed by atoms with Gasteiger partial charge in [0, 0.05) is 12.1 Å². The Morgan fingerprint density at radius 2 is 1.69 bits per heavy atom. The number of benzene rings is 2. The molecule has 3 heterocycles. The van der Waals surface area contributed by atoms with Gasteiger partial charge in [0.15, 0.2) is 23.2 Å². The SMILES string of the molecule is O=C(c1ccccc1)N(CCc1ccccc1)c1ncnc2c1ncn2[C@@H]1O[C@H](CO)[C@@H](O)[C@H]1O. The summed E-state index contributed by atoms with van der Waals surface area (Å²) < 4.78 is 7.12. The molecule has 2 aromatic heterocycles. The van der Waals surface area contributed by atoms with Gasteiger partial charge in [0.05, 0.1) is 12.9 Å². The minimum Gasteiger partial charge on any atom is -0.394 e. The fraction of sp³-hybridized carbons (Fsp3) is 0.280. The second kappa shape index (κ2) is 9.88. The summed E-state index contributed by atoms with van der Waals surface area (Å²) in [5, 5.41) is 30.1. The Bertz CT molecular complexity index is 1300. The van der Waals surface area contributed by atoms with Crippen molar-refractivity contribution < 1.29 is 24.9 Å². The third-order valence-electron chi connectivity index (χ3n) is 6.12. The second-order valence-corrected chi connectivity index (χ2v) is 8.31. The first kappa shape index (κ1) is 23.1. The number of nitrogens with zero attached hydrogens (tertiary/aromatic N) is 5. The van der Waals surface area contributed by atoms with Crippen molar-refractivity contribution in [2.75, 3.05) is 18.1 Å². The molecule has 1 saturated heterocycles. The van der Waals surface area contributed by atoms with Gasteiger partial charge in [-0.25, -0.2) is 15.0 Å². The number of amides is 1. The normalized spacial score (nSPS) is 21.9. The Hall–Kier alpha value is -3.70. The van der Waals surface area contributed by atoms with E-state index in [4.69, 9.17) is 4.74 Å². The molecular formula is C25H25N5O5.